The third-order valence-electron chi connectivity index (χ3n) is 3.89. The van der Waals surface area contributed by atoms with E-state index in [1.54, 1.807) is 0 Å². The van der Waals surface area contributed by atoms with Gasteiger partial charge >= 0.3 is 0 Å². The Morgan fingerprint density at radius 3 is 2.55 bits per heavy atom. The number of nitrogens with zero attached hydrogens (tertiary/aromatic N) is 2. The molecule has 3 nitrogen and oxygen atoms in total. The van der Waals surface area contributed by atoms with Crippen LogP contribution >= 0.6 is 0 Å². The lowest BCUT2D eigenvalue weighted by atomic mass is 10.0. The van der Waals surface area contributed by atoms with Crippen LogP contribution in [0.1, 0.15) is 38.1 Å². The number of likely N-dealkylation sites (N-methyl/N-ethyl adjacent to an activating group) is 1. The molecular formula is C17H25N3. The fraction of sp³-hybridized carbons (Fsp3) is 0.471. The van der Waals surface area contributed by atoms with Gasteiger partial charge in [0.2, 0.25) is 0 Å². The van der Waals surface area contributed by atoms with Crippen molar-refractivity contribution in [2.24, 2.45) is 5.73 Å². The summed E-state index contributed by atoms with van der Waals surface area (Å²) in [6.45, 7) is 10.3. The van der Waals surface area contributed by atoms with Crippen LogP contribution in [0.25, 0.3) is 10.9 Å². The van der Waals surface area contributed by atoms with Crippen LogP contribution in [0.3, 0.4) is 0 Å². The van der Waals surface area contributed by atoms with Gasteiger partial charge in [-0.2, -0.15) is 0 Å². The van der Waals surface area contributed by atoms with Crippen molar-refractivity contribution < 1.29 is 0 Å². The van der Waals surface area contributed by atoms with Crippen molar-refractivity contribution in [1.82, 2.24) is 9.88 Å². The second-order valence-corrected chi connectivity index (χ2v) is 5.58. The number of aryl methyl sites for hydroxylation is 1. The first-order valence-electron chi connectivity index (χ1n) is 7.40. The SMILES string of the molecule is CCN(C(C)C)C(CN)c1ccc2nc(C)ccc2c1. The molecule has 0 saturated carbocycles. The van der Waals surface area contributed by atoms with Gasteiger partial charge in [-0.25, -0.2) is 0 Å². The zero-order chi connectivity index (χ0) is 14.7. The van der Waals surface area contributed by atoms with Gasteiger partial charge in [0.05, 0.1) is 5.52 Å². The second-order valence-electron chi connectivity index (χ2n) is 5.58. The standard InChI is InChI=1S/C17H25N3/c1-5-20(12(2)3)17(11-18)15-8-9-16-14(10-15)7-6-13(4)19-16/h6-10,12,17H,5,11,18H2,1-4H3. The smallest absolute Gasteiger partial charge is 0.0705 e. The van der Waals surface area contributed by atoms with E-state index in [0.29, 0.717) is 12.6 Å². The second kappa shape index (κ2) is 6.33. The molecule has 0 aliphatic carbocycles. The average molecular weight is 271 g/mol. The minimum Gasteiger partial charge on any atom is -0.329 e. The highest BCUT2D eigenvalue weighted by Gasteiger charge is 2.20. The summed E-state index contributed by atoms with van der Waals surface area (Å²) in [5, 5.41) is 1.19. The van der Waals surface area contributed by atoms with Crippen LogP contribution in [-0.4, -0.2) is 29.0 Å². The van der Waals surface area contributed by atoms with Crippen LogP contribution in [0.2, 0.25) is 0 Å². The summed E-state index contributed by atoms with van der Waals surface area (Å²) in [5.41, 5.74) is 9.42. The molecule has 0 bridgehead atoms. The van der Waals surface area contributed by atoms with Crippen molar-refractivity contribution in [1.29, 1.82) is 0 Å². The summed E-state index contributed by atoms with van der Waals surface area (Å²) in [7, 11) is 0. The van der Waals surface area contributed by atoms with Gasteiger partial charge in [-0.05, 0) is 51.1 Å². The molecule has 0 aliphatic heterocycles. The van der Waals surface area contributed by atoms with E-state index < -0.39 is 0 Å². The lowest BCUT2D eigenvalue weighted by Gasteiger charge is -2.33. The number of benzene rings is 1. The molecule has 2 aromatic rings. The first-order chi connectivity index (χ1) is 9.56. The van der Waals surface area contributed by atoms with Crippen molar-refractivity contribution >= 4 is 10.9 Å². The van der Waals surface area contributed by atoms with Crippen LogP contribution in [0.5, 0.6) is 0 Å². The molecule has 0 amide bonds. The molecule has 1 aromatic carbocycles. The Morgan fingerprint density at radius 2 is 1.95 bits per heavy atom. The van der Waals surface area contributed by atoms with Gasteiger partial charge in [-0.15, -0.1) is 0 Å². The normalized spacial score (nSPS) is 13.3. The van der Waals surface area contributed by atoms with Crippen molar-refractivity contribution in [3.63, 3.8) is 0 Å². The van der Waals surface area contributed by atoms with E-state index in [4.69, 9.17) is 5.73 Å². The quantitative estimate of drug-likeness (QED) is 0.907. The van der Waals surface area contributed by atoms with E-state index >= 15 is 0 Å². The number of nitrogens with two attached hydrogens (primary N) is 1. The first kappa shape index (κ1) is 14.9. The number of rotatable bonds is 5. The molecule has 0 fully saturated rings. The maximum absolute atomic E-state index is 6.03. The van der Waals surface area contributed by atoms with E-state index in [0.717, 1.165) is 17.8 Å². The van der Waals surface area contributed by atoms with Gasteiger partial charge in [0.1, 0.15) is 0 Å². The minimum absolute atomic E-state index is 0.269. The molecule has 3 heteroatoms. The Bertz CT molecular complexity index is 577. The Hall–Kier alpha value is -1.45. The third kappa shape index (κ3) is 3.00. The van der Waals surface area contributed by atoms with E-state index in [9.17, 15) is 0 Å². The minimum atomic E-state index is 0.269. The monoisotopic (exact) mass is 271 g/mol. The van der Waals surface area contributed by atoms with Gasteiger partial charge < -0.3 is 5.73 Å². The van der Waals surface area contributed by atoms with Crippen LogP contribution in [-0.2, 0) is 0 Å². The van der Waals surface area contributed by atoms with Crippen molar-refractivity contribution in [2.45, 2.75) is 39.8 Å². The molecular weight excluding hydrogens is 246 g/mol. The number of aromatic nitrogens is 1. The number of hydrogen-bond acceptors (Lipinski definition) is 3. The van der Waals surface area contributed by atoms with Crippen LogP contribution in [0, 0.1) is 6.92 Å². The van der Waals surface area contributed by atoms with Gasteiger partial charge in [0.15, 0.2) is 0 Å². The Balaban J connectivity index is 2.42. The molecule has 2 N–H and O–H groups in total. The van der Waals surface area contributed by atoms with E-state index in [-0.39, 0.29) is 6.04 Å². The lowest BCUT2D eigenvalue weighted by molar-refractivity contribution is 0.167. The van der Waals surface area contributed by atoms with Crippen molar-refractivity contribution in [3.8, 4) is 0 Å². The molecule has 0 spiro atoms. The topological polar surface area (TPSA) is 42.1 Å². The highest BCUT2D eigenvalue weighted by atomic mass is 15.2. The molecule has 0 aliphatic rings. The highest BCUT2D eigenvalue weighted by molar-refractivity contribution is 5.79. The van der Waals surface area contributed by atoms with E-state index in [1.807, 2.05) is 6.92 Å². The maximum Gasteiger partial charge on any atom is 0.0705 e. The molecule has 1 aromatic heterocycles. The van der Waals surface area contributed by atoms with Crippen molar-refractivity contribution in [3.05, 3.63) is 41.6 Å². The fourth-order valence-corrected chi connectivity index (χ4v) is 2.86. The zero-order valence-electron chi connectivity index (χ0n) is 12.9. The van der Waals surface area contributed by atoms with Gasteiger partial charge in [-0.3, -0.25) is 9.88 Å². The van der Waals surface area contributed by atoms with Gasteiger partial charge in [0, 0.05) is 29.7 Å². The van der Waals surface area contributed by atoms with Gasteiger partial charge in [0.25, 0.3) is 0 Å². The Morgan fingerprint density at radius 1 is 1.20 bits per heavy atom. The van der Waals surface area contributed by atoms with Crippen LogP contribution in [0.4, 0.5) is 0 Å². The maximum atomic E-state index is 6.03. The van der Waals surface area contributed by atoms with Crippen LogP contribution in [0.15, 0.2) is 30.3 Å². The predicted molar refractivity (Wildman–Crippen MR) is 85.8 cm³/mol. The van der Waals surface area contributed by atoms with E-state index in [2.05, 4.69) is 61.0 Å². The predicted octanol–water partition coefficient (Wildman–Crippen LogP) is 3.27. The summed E-state index contributed by atoms with van der Waals surface area (Å²) < 4.78 is 0. The highest BCUT2D eigenvalue weighted by Crippen LogP contribution is 2.25. The first-order valence-corrected chi connectivity index (χ1v) is 7.40. The van der Waals surface area contributed by atoms with Gasteiger partial charge in [-0.1, -0.05) is 19.1 Å². The van der Waals surface area contributed by atoms with E-state index in [1.165, 1.54) is 10.9 Å². The zero-order valence-corrected chi connectivity index (χ0v) is 12.9. The molecule has 20 heavy (non-hydrogen) atoms. The van der Waals surface area contributed by atoms with Crippen molar-refractivity contribution in [2.75, 3.05) is 13.1 Å². The van der Waals surface area contributed by atoms with Crippen LogP contribution < -0.4 is 5.73 Å². The summed E-state index contributed by atoms with van der Waals surface area (Å²) in [6.07, 6.45) is 0. The number of hydrogen-bond donors (Lipinski definition) is 1. The third-order valence-corrected chi connectivity index (χ3v) is 3.89. The fourth-order valence-electron chi connectivity index (χ4n) is 2.86. The average Bonchev–Trinajstić information content (AvgIpc) is 2.43. The summed E-state index contributed by atoms with van der Waals surface area (Å²) >= 11 is 0. The molecule has 0 saturated heterocycles. The Kier molecular flexibility index (Phi) is 4.73. The number of pyridine rings is 1. The summed E-state index contributed by atoms with van der Waals surface area (Å²) in [5.74, 6) is 0. The molecule has 2 rings (SSSR count). The Labute approximate surface area is 121 Å². The molecule has 108 valence electrons. The molecule has 0 radical (unpaired) electrons. The molecule has 1 atom stereocenters. The largest absolute Gasteiger partial charge is 0.329 e. The number of fused-ring (bicyclic) bond motifs is 1. The lowest BCUT2D eigenvalue weighted by Crippen LogP contribution is -2.38. The molecule has 1 heterocycles. The molecule has 1 unspecified atom stereocenters. The summed E-state index contributed by atoms with van der Waals surface area (Å²) in [6, 6.07) is 11.5. The summed E-state index contributed by atoms with van der Waals surface area (Å²) in [4.78, 5) is 6.99.